The van der Waals surface area contributed by atoms with E-state index in [2.05, 4.69) is 29.8 Å². The van der Waals surface area contributed by atoms with Crippen molar-refractivity contribution in [1.29, 1.82) is 0 Å². The molecular formula is C14H16O2S. The van der Waals surface area contributed by atoms with Crippen LogP contribution < -0.4 is 9.47 Å². The van der Waals surface area contributed by atoms with Crippen molar-refractivity contribution in [2.75, 3.05) is 14.2 Å². The van der Waals surface area contributed by atoms with Crippen LogP contribution in [0.25, 0.3) is 0 Å². The molecule has 3 heteroatoms. The molecule has 2 aromatic rings. The Morgan fingerprint density at radius 2 is 1.94 bits per heavy atom. The van der Waals surface area contributed by atoms with Crippen molar-refractivity contribution >= 4 is 11.3 Å². The lowest BCUT2D eigenvalue weighted by atomic mass is 9.94. The molecule has 0 amide bonds. The summed E-state index contributed by atoms with van der Waals surface area (Å²) < 4.78 is 10.6. The van der Waals surface area contributed by atoms with E-state index < -0.39 is 0 Å². The highest BCUT2D eigenvalue weighted by Crippen LogP contribution is 2.34. The van der Waals surface area contributed by atoms with Gasteiger partial charge < -0.3 is 9.47 Å². The average Bonchev–Trinajstić information content (AvgIpc) is 2.91. The van der Waals surface area contributed by atoms with Gasteiger partial charge in [0.25, 0.3) is 0 Å². The van der Waals surface area contributed by atoms with Gasteiger partial charge in [-0.2, -0.15) is 11.3 Å². The van der Waals surface area contributed by atoms with Crippen LogP contribution in [0.4, 0.5) is 0 Å². The summed E-state index contributed by atoms with van der Waals surface area (Å²) in [5.41, 5.74) is 2.50. The van der Waals surface area contributed by atoms with Crippen molar-refractivity contribution in [2.24, 2.45) is 0 Å². The Morgan fingerprint density at radius 3 is 2.53 bits per heavy atom. The molecule has 0 saturated heterocycles. The second-order valence-electron chi connectivity index (χ2n) is 3.89. The molecule has 0 aliphatic heterocycles. The van der Waals surface area contributed by atoms with Crippen LogP contribution in [-0.2, 0) is 0 Å². The fraction of sp³-hybridized carbons (Fsp3) is 0.286. The maximum atomic E-state index is 5.43. The molecule has 0 spiro atoms. The maximum absolute atomic E-state index is 5.43. The van der Waals surface area contributed by atoms with Crippen LogP contribution >= 0.6 is 11.3 Å². The van der Waals surface area contributed by atoms with Crippen LogP contribution in [0.3, 0.4) is 0 Å². The van der Waals surface area contributed by atoms with Crippen molar-refractivity contribution < 1.29 is 9.47 Å². The number of methoxy groups -OCH3 is 2. The minimum absolute atomic E-state index is 0.335. The quantitative estimate of drug-likeness (QED) is 0.816. The van der Waals surface area contributed by atoms with Gasteiger partial charge in [0, 0.05) is 17.5 Å². The molecule has 2 nitrogen and oxygen atoms in total. The number of rotatable bonds is 4. The first-order valence-electron chi connectivity index (χ1n) is 5.50. The zero-order chi connectivity index (χ0) is 12.3. The summed E-state index contributed by atoms with van der Waals surface area (Å²) in [6.45, 7) is 2.19. The summed E-state index contributed by atoms with van der Waals surface area (Å²) in [6, 6.07) is 8.12. The Balaban J connectivity index is 2.38. The zero-order valence-electron chi connectivity index (χ0n) is 10.3. The molecular weight excluding hydrogens is 232 g/mol. The van der Waals surface area contributed by atoms with Crippen molar-refractivity contribution in [3.63, 3.8) is 0 Å². The Kier molecular flexibility index (Phi) is 3.69. The molecule has 1 aromatic carbocycles. The van der Waals surface area contributed by atoms with Crippen molar-refractivity contribution in [2.45, 2.75) is 12.8 Å². The molecule has 90 valence electrons. The summed E-state index contributed by atoms with van der Waals surface area (Å²) in [4.78, 5) is 0. The van der Waals surface area contributed by atoms with Gasteiger partial charge in [0.15, 0.2) is 0 Å². The van der Waals surface area contributed by atoms with Gasteiger partial charge in [-0.25, -0.2) is 0 Å². The van der Waals surface area contributed by atoms with Crippen LogP contribution in [0.15, 0.2) is 35.0 Å². The summed E-state index contributed by atoms with van der Waals surface area (Å²) >= 11 is 1.72. The predicted molar refractivity (Wildman–Crippen MR) is 71.4 cm³/mol. The topological polar surface area (TPSA) is 18.5 Å². The Hall–Kier alpha value is -1.48. The average molecular weight is 248 g/mol. The van der Waals surface area contributed by atoms with E-state index in [1.807, 2.05) is 12.1 Å². The lowest BCUT2D eigenvalue weighted by Gasteiger charge is -2.15. The van der Waals surface area contributed by atoms with E-state index in [-0.39, 0.29) is 0 Å². The minimum Gasteiger partial charge on any atom is -0.497 e. The highest BCUT2D eigenvalue weighted by molar-refractivity contribution is 7.08. The molecule has 0 radical (unpaired) electrons. The van der Waals surface area contributed by atoms with Crippen LogP contribution in [0.5, 0.6) is 11.5 Å². The van der Waals surface area contributed by atoms with Crippen molar-refractivity contribution in [1.82, 2.24) is 0 Å². The fourth-order valence-corrected chi connectivity index (χ4v) is 2.63. The monoisotopic (exact) mass is 248 g/mol. The highest BCUT2D eigenvalue weighted by Gasteiger charge is 2.14. The second-order valence-corrected chi connectivity index (χ2v) is 4.67. The molecule has 0 aliphatic carbocycles. The summed E-state index contributed by atoms with van der Waals surface area (Å²) in [7, 11) is 3.36. The lowest BCUT2D eigenvalue weighted by molar-refractivity contribution is 0.390. The van der Waals surface area contributed by atoms with Gasteiger partial charge in [-0.05, 0) is 28.5 Å². The SMILES string of the molecule is COc1ccc(C(C)c2ccsc2)c(OC)c1. The summed E-state index contributed by atoms with van der Waals surface area (Å²) in [6.07, 6.45) is 0. The number of thiophene rings is 1. The van der Waals surface area contributed by atoms with E-state index >= 15 is 0 Å². The standard InChI is InChI=1S/C14H16O2S/c1-10(11-6-7-17-9-11)13-5-4-12(15-2)8-14(13)16-3/h4-10H,1-3H3. The molecule has 0 fully saturated rings. The molecule has 2 rings (SSSR count). The number of hydrogen-bond acceptors (Lipinski definition) is 3. The third-order valence-electron chi connectivity index (χ3n) is 2.95. The zero-order valence-corrected chi connectivity index (χ0v) is 11.1. The van der Waals surface area contributed by atoms with Crippen molar-refractivity contribution in [3.8, 4) is 11.5 Å². The van der Waals surface area contributed by atoms with E-state index in [1.54, 1.807) is 25.6 Å². The maximum Gasteiger partial charge on any atom is 0.126 e. The van der Waals surface area contributed by atoms with Gasteiger partial charge in [-0.15, -0.1) is 0 Å². The van der Waals surface area contributed by atoms with Crippen LogP contribution in [0, 0.1) is 0 Å². The minimum atomic E-state index is 0.335. The van der Waals surface area contributed by atoms with Crippen molar-refractivity contribution in [3.05, 3.63) is 46.2 Å². The smallest absolute Gasteiger partial charge is 0.126 e. The van der Waals surface area contributed by atoms with E-state index in [0.29, 0.717) is 5.92 Å². The molecule has 1 heterocycles. The molecule has 1 atom stereocenters. The van der Waals surface area contributed by atoms with Crippen LogP contribution in [0.2, 0.25) is 0 Å². The number of hydrogen-bond donors (Lipinski definition) is 0. The Morgan fingerprint density at radius 1 is 1.12 bits per heavy atom. The largest absolute Gasteiger partial charge is 0.497 e. The second kappa shape index (κ2) is 5.23. The van der Waals surface area contributed by atoms with Crippen LogP contribution in [-0.4, -0.2) is 14.2 Å². The van der Waals surface area contributed by atoms with E-state index in [1.165, 1.54) is 11.1 Å². The van der Waals surface area contributed by atoms with Gasteiger partial charge in [-0.3, -0.25) is 0 Å². The molecule has 0 saturated carbocycles. The molecule has 0 bridgehead atoms. The molecule has 17 heavy (non-hydrogen) atoms. The first-order chi connectivity index (χ1) is 8.26. The van der Waals surface area contributed by atoms with Gasteiger partial charge >= 0.3 is 0 Å². The summed E-state index contributed by atoms with van der Waals surface area (Å²) in [5.74, 6) is 2.04. The summed E-state index contributed by atoms with van der Waals surface area (Å²) in [5, 5.41) is 4.27. The third-order valence-corrected chi connectivity index (χ3v) is 3.65. The van der Waals surface area contributed by atoms with E-state index in [4.69, 9.17) is 9.47 Å². The lowest BCUT2D eigenvalue weighted by Crippen LogP contribution is -1.99. The third kappa shape index (κ3) is 2.44. The molecule has 0 aliphatic rings. The van der Waals surface area contributed by atoms with Gasteiger partial charge in [0.05, 0.1) is 14.2 Å². The highest BCUT2D eigenvalue weighted by atomic mass is 32.1. The molecule has 1 aromatic heterocycles. The number of benzene rings is 1. The van der Waals surface area contributed by atoms with E-state index in [0.717, 1.165) is 11.5 Å². The predicted octanol–water partition coefficient (Wildman–Crippen LogP) is 3.92. The van der Waals surface area contributed by atoms with Crippen LogP contribution in [0.1, 0.15) is 24.0 Å². The van der Waals surface area contributed by atoms with Gasteiger partial charge in [-0.1, -0.05) is 13.0 Å². The first-order valence-corrected chi connectivity index (χ1v) is 6.44. The molecule has 0 N–H and O–H groups in total. The van der Waals surface area contributed by atoms with Gasteiger partial charge in [0.1, 0.15) is 11.5 Å². The van der Waals surface area contributed by atoms with Gasteiger partial charge in [0.2, 0.25) is 0 Å². The number of ether oxygens (including phenoxy) is 2. The fourth-order valence-electron chi connectivity index (χ4n) is 1.88. The normalized spacial score (nSPS) is 12.2. The Labute approximate surface area is 106 Å². The van der Waals surface area contributed by atoms with E-state index in [9.17, 15) is 0 Å². The molecule has 1 unspecified atom stereocenters. The Bertz CT molecular complexity index is 477. The first kappa shape index (κ1) is 12.0.